The Bertz CT molecular complexity index is 2030. The molecule has 0 saturated carbocycles. The maximum absolute atomic E-state index is 14.0. The number of amides is 3. The Morgan fingerprint density at radius 1 is 0.979 bits per heavy atom. The number of carbonyl (C=O) groups excluding carboxylic acids is 3. The number of rotatable bonds is 10. The van der Waals surface area contributed by atoms with E-state index in [1.807, 2.05) is 0 Å². The van der Waals surface area contributed by atoms with Crippen molar-refractivity contribution in [3.8, 4) is 17.2 Å². The first-order valence-electron chi connectivity index (χ1n) is 14.2. The number of ether oxygens (including phenoxy) is 3. The van der Waals surface area contributed by atoms with E-state index in [1.165, 1.54) is 48.0 Å². The van der Waals surface area contributed by atoms with Crippen molar-refractivity contribution in [3.05, 3.63) is 86.8 Å². The molecule has 0 bridgehead atoms. The molecule has 6 rings (SSSR count). The van der Waals surface area contributed by atoms with E-state index in [1.54, 1.807) is 49.4 Å². The van der Waals surface area contributed by atoms with E-state index in [4.69, 9.17) is 19.3 Å². The molecule has 4 aromatic rings. The van der Waals surface area contributed by atoms with Gasteiger partial charge in [0.2, 0.25) is 21.8 Å². The first-order valence-corrected chi connectivity index (χ1v) is 17.5. The molecule has 3 atom stereocenters. The van der Waals surface area contributed by atoms with Gasteiger partial charge in [-0.3, -0.25) is 19.2 Å². The smallest absolute Gasteiger partial charge is 0.305 e. The Kier molecular flexibility index (Phi) is 8.84. The number of fused-ring (bicyclic) bond motifs is 2. The van der Waals surface area contributed by atoms with Crippen LogP contribution in [0.3, 0.4) is 0 Å². The summed E-state index contributed by atoms with van der Waals surface area (Å²) in [4.78, 5) is 57.1. The van der Waals surface area contributed by atoms with Crippen LogP contribution in [0.15, 0.2) is 81.4 Å². The molecule has 2 aliphatic heterocycles. The van der Waals surface area contributed by atoms with E-state index < -0.39 is 39.6 Å². The number of nitrogens with one attached hydrogen (secondary N) is 2. The summed E-state index contributed by atoms with van der Waals surface area (Å²) in [7, 11) is -2.35. The number of nitrogens with two attached hydrogens (primary N) is 1. The van der Waals surface area contributed by atoms with Crippen molar-refractivity contribution in [1.82, 2.24) is 4.98 Å². The highest BCUT2D eigenvalue weighted by molar-refractivity contribution is 8.00. The zero-order valence-corrected chi connectivity index (χ0v) is 27.4. The number of carbonyl (C=O) groups is 3. The Morgan fingerprint density at radius 2 is 1.70 bits per heavy atom. The fourth-order valence-electron chi connectivity index (χ4n) is 5.54. The summed E-state index contributed by atoms with van der Waals surface area (Å²) in [6, 6.07) is 17.0. The number of primary sulfonamides is 1. The Hall–Kier alpha value is -4.64. The molecule has 2 aliphatic rings. The summed E-state index contributed by atoms with van der Waals surface area (Å²) in [5.41, 5.74) is 1.39. The monoisotopic (exact) mass is 696 g/mol. The van der Waals surface area contributed by atoms with Crippen LogP contribution < -0.4 is 34.4 Å². The van der Waals surface area contributed by atoms with Crippen molar-refractivity contribution >= 4 is 62.2 Å². The molecule has 1 aromatic heterocycles. The van der Waals surface area contributed by atoms with Crippen molar-refractivity contribution in [3.63, 3.8) is 0 Å². The SMILES string of the molecule is CCOc1cc(C2c3sc(=O)[nH]c3SC3C(=O)N(c4ccc(OC)cc4)C(=O)C32)ccc1OCC(=O)Nc1ccc(S(N)(=O)=O)cc1. The minimum atomic E-state index is -3.87. The third kappa shape index (κ3) is 6.36. The van der Waals surface area contributed by atoms with Crippen molar-refractivity contribution < 1.29 is 37.0 Å². The summed E-state index contributed by atoms with van der Waals surface area (Å²) in [6.07, 6.45) is 0. The molecule has 4 N–H and O–H groups in total. The summed E-state index contributed by atoms with van der Waals surface area (Å²) < 4.78 is 39.8. The molecule has 3 amide bonds. The van der Waals surface area contributed by atoms with Gasteiger partial charge in [-0.1, -0.05) is 29.2 Å². The van der Waals surface area contributed by atoms with Crippen LogP contribution in [0.2, 0.25) is 0 Å². The van der Waals surface area contributed by atoms with Crippen LogP contribution in [0.4, 0.5) is 11.4 Å². The first kappa shape index (κ1) is 32.3. The van der Waals surface area contributed by atoms with Crippen LogP contribution in [-0.2, 0) is 24.4 Å². The molecule has 3 heterocycles. The number of methoxy groups -OCH3 is 1. The number of hydrogen-bond acceptors (Lipinski definition) is 11. The molecular formula is C31H28N4O9S3. The molecular weight excluding hydrogens is 669 g/mol. The predicted octanol–water partition coefficient (Wildman–Crippen LogP) is 3.30. The standard InChI is InChI=1S/C31H28N4O9S3/c1-3-43-22-14-16(4-13-21(22)44-15-23(36)33-17-5-11-20(12-6-17)47(32,40)41)24-25-27(45-28-26(24)46-31(39)34-28)30(38)35(29(25)37)18-7-9-19(42-2)10-8-18/h4-14,24-25,27H,3,15H2,1-2H3,(H,33,36)(H,34,39)(H2,32,40,41). The van der Waals surface area contributed by atoms with E-state index >= 15 is 0 Å². The molecule has 244 valence electrons. The second kappa shape index (κ2) is 12.9. The maximum atomic E-state index is 14.0. The van der Waals surface area contributed by atoms with Crippen molar-refractivity contribution in [2.75, 3.05) is 30.5 Å². The van der Waals surface area contributed by atoms with Gasteiger partial charge in [0.05, 0.1) is 35.2 Å². The van der Waals surface area contributed by atoms with Gasteiger partial charge in [-0.15, -0.1) is 0 Å². The number of aromatic nitrogens is 1. The highest BCUT2D eigenvalue weighted by Gasteiger charge is 2.56. The molecule has 3 aromatic carbocycles. The average Bonchev–Trinajstić information content (AvgIpc) is 3.54. The van der Waals surface area contributed by atoms with Crippen LogP contribution >= 0.6 is 23.1 Å². The molecule has 16 heteroatoms. The fraction of sp³-hybridized carbons (Fsp3) is 0.226. The van der Waals surface area contributed by atoms with Crippen LogP contribution in [0.1, 0.15) is 23.3 Å². The second-order valence-electron chi connectivity index (χ2n) is 10.5. The second-order valence-corrected chi connectivity index (χ2v) is 14.2. The summed E-state index contributed by atoms with van der Waals surface area (Å²) in [5, 5.41) is 7.50. The van der Waals surface area contributed by atoms with Crippen LogP contribution in [0, 0.1) is 5.92 Å². The lowest BCUT2D eigenvalue weighted by Crippen LogP contribution is -2.32. The average molecular weight is 697 g/mol. The number of benzene rings is 3. The van der Waals surface area contributed by atoms with Gasteiger partial charge in [-0.2, -0.15) is 0 Å². The molecule has 0 spiro atoms. The molecule has 0 radical (unpaired) electrons. The lowest BCUT2D eigenvalue weighted by molar-refractivity contribution is -0.122. The number of aromatic amines is 1. The maximum Gasteiger partial charge on any atom is 0.305 e. The van der Waals surface area contributed by atoms with Gasteiger partial charge < -0.3 is 24.5 Å². The highest BCUT2D eigenvalue weighted by atomic mass is 32.2. The molecule has 47 heavy (non-hydrogen) atoms. The number of H-pyrrole nitrogens is 1. The van der Waals surface area contributed by atoms with Crippen molar-refractivity contribution in [2.45, 2.75) is 28.0 Å². The minimum absolute atomic E-state index is 0.0905. The lowest BCUT2D eigenvalue weighted by Gasteiger charge is -2.30. The highest BCUT2D eigenvalue weighted by Crippen LogP contribution is 2.53. The van der Waals surface area contributed by atoms with Gasteiger partial charge >= 0.3 is 4.87 Å². The van der Waals surface area contributed by atoms with Crippen LogP contribution in [0.5, 0.6) is 17.2 Å². The Balaban J connectivity index is 1.27. The molecule has 0 aliphatic carbocycles. The van der Waals surface area contributed by atoms with Gasteiger partial charge in [0.15, 0.2) is 18.1 Å². The fourth-order valence-corrected chi connectivity index (χ4v) is 8.57. The van der Waals surface area contributed by atoms with Gasteiger partial charge in [-0.05, 0) is 73.2 Å². The number of imide groups is 1. The van der Waals surface area contributed by atoms with E-state index in [9.17, 15) is 27.6 Å². The molecule has 1 saturated heterocycles. The molecule has 13 nitrogen and oxygen atoms in total. The quantitative estimate of drug-likeness (QED) is 0.208. The topological polar surface area (TPSA) is 187 Å². The van der Waals surface area contributed by atoms with Gasteiger partial charge in [0, 0.05) is 16.5 Å². The minimum Gasteiger partial charge on any atom is -0.497 e. The number of anilines is 2. The van der Waals surface area contributed by atoms with E-state index in [0.29, 0.717) is 38.3 Å². The van der Waals surface area contributed by atoms with E-state index in [2.05, 4.69) is 10.3 Å². The normalized spacial score (nSPS) is 18.8. The summed E-state index contributed by atoms with van der Waals surface area (Å²) >= 11 is 2.17. The third-order valence-corrected chi connectivity index (χ3v) is 10.9. The summed E-state index contributed by atoms with van der Waals surface area (Å²) in [5.74, 6) is -1.58. The largest absolute Gasteiger partial charge is 0.497 e. The zero-order chi connectivity index (χ0) is 33.5. The Morgan fingerprint density at radius 3 is 2.36 bits per heavy atom. The van der Waals surface area contributed by atoms with Crippen molar-refractivity contribution in [2.24, 2.45) is 11.1 Å². The third-order valence-electron chi connectivity index (χ3n) is 7.61. The predicted molar refractivity (Wildman–Crippen MR) is 175 cm³/mol. The number of nitrogens with zero attached hydrogens (tertiary/aromatic N) is 1. The van der Waals surface area contributed by atoms with Crippen LogP contribution in [-0.4, -0.2) is 56.7 Å². The van der Waals surface area contributed by atoms with E-state index in [-0.39, 0.29) is 33.9 Å². The number of thioether (sulfide) groups is 1. The van der Waals surface area contributed by atoms with Gasteiger partial charge in [-0.25, -0.2) is 18.5 Å². The van der Waals surface area contributed by atoms with Gasteiger partial charge in [0.1, 0.15) is 11.0 Å². The molecule has 3 unspecified atom stereocenters. The lowest BCUT2D eigenvalue weighted by atomic mass is 9.83. The summed E-state index contributed by atoms with van der Waals surface area (Å²) in [6.45, 7) is 1.65. The number of sulfonamides is 1. The number of thiazole rings is 1. The zero-order valence-electron chi connectivity index (χ0n) is 24.9. The molecule has 1 fully saturated rings. The number of hydrogen-bond donors (Lipinski definition) is 3. The Labute approximate surface area is 277 Å². The van der Waals surface area contributed by atoms with Crippen LogP contribution in [0.25, 0.3) is 0 Å². The van der Waals surface area contributed by atoms with Gasteiger partial charge in [0.25, 0.3) is 5.91 Å². The van der Waals surface area contributed by atoms with E-state index in [0.717, 1.165) is 11.3 Å². The first-order chi connectivity index (χ1) is 22.5. The van der Waals surface area contributed by atoms with Crippen molar-refractivity contribution in [1.29, 1.82) is 0 Å².